The number of nitrogens with zero attached hydrogens (tertiary/aromatic N) is 1. The van der Waals surface area contributed by atoms with Gasteiger partial charge in [-0.3, -0.25) is 4.79 Å². The number of carbonyl (C=O) groups excluding carboxylic acids is 1. The smallest absolute Gasteiger partial charge is 0.253 e. The number of piperidine rings is 1. The molecule has 3 rings (SSSR count). The summed E-state index contributed by atoms with van der Waals surface area (Å²) in [6.07, 6.45) is 5.78. The number of sulfone groups is 1. The van der Waals surface area contributed by atoms with Crippen LogP contribution in [-0.4, -0.2) is 51.2 Å². The third kappa shape index (κ3) is 3.75. The standard InChI is InChI=1S/C17H24N2O3S/c1-23(21,22)15-6-4-14(5-7-15)17(20)19-11-8-13(9-12-19)16-3-2-10-18-16/h4-7,13,16,18H,2-3,8-12H2,1H3. The average molecular weight is 336 g/mol. The molecule has 1 amide bonds. The molecule has 2 heterocycles. The number of likely N-dealkylation sites (tertiary alicyclic amines) is 1. The van der Waals surface area contributed by atoms with E-state index < -0.39 is 9.84 Å². The van der Waals surface area contributed by atoms with Crippen molar-refractivity contribution in [1.29, 1.82) is 0 Å². The van der Waals surface area contributed by atoms with Gasteiger partial charge in [0.1, 0.15) is 0 Å². The van der Waals surface area contributed by atoms with Gasteiger partial charge in [0.15, 0.2) is 9.84 Å². The lowest BCUT2D eigenvalue weighted by Gasteiger charge is -2.35. The van der Waals surface area contributed by atoms with Crippen molar-refractivity contribution in [1.82, 2.24) is 10.2 Å². The highest BCUT2D eigenvalue weighted by molar-refractivity contribution is 7.90. The molecule has 6 heteroatoms. The minimum absolute atomic E-state index is 0.00267. The number of carbonyl (C=O) groups is 1. The van der Waals surface area contributed by atoms with E-state index in [1.807, 2.05) is 4.90 Å². The van der Waals surface area contributed by atoms with Gasteiger partial charge in [0.25, 0.3) is 5.91 Å². The van der Waals surface area contributed by atoms with Gasteiger partial charge in [-0.1, -0.05) is 0 Å². The Bertz CT molecular complexity index is 656. The topological polar surface area (TPSA) is 66.5 Å². The molecule has 0 spiro atoms. The molecule has 1 atom stereocenters. The number of benzene rings is 1. The second-order valence-corrected chi connectivity index (χ2v) is 8.64. The minimum Gasteiger partial charge on any atom is -0.339 e. The summed E-state index contributed by atoms with van der Waals surface area (Å²) in [5.41, 5.74) is 0.565. The molecule has 1 N–H and O–H groups in total. The summed E-state index contributed by atoms with van der Waals surface area (Å²) < 4.78 is 23.0. The van der Waals surface area contributed by atoms with Gasteiger partial charge < -0.3 is 10.2 Å². The van der Waals surface area contributed by atoms with Crippen molar-refractivity contribution < 1.29 is 13.2 Å². The van der Waals surface area contributed by atoms with Gasteiger partial charge in [-0.05, 0) is 62.4 Å². The summed E-state index contributed by atoms with van der Waals surface area (Å²) in [5.74, 6) is 0.678. The third-order valence-corrected chi connectivity index (χ3v) is 6.15. The number of hydrogen-bond acceptors (Lipinski definition) is 4. The number of rotatable bonds is 3. The molecule has 1 aromatic rings. The molecule has 126 valence electrons. The van der Waals surface area contributed by atoms with Crippen LogP contribution in [-0.2, 0) is 9.84 Å². The molecule has 2 aliphatic rings. The Morgan fingerprint density at radius 2 is 1.78 bits per heavy atom. The highest BCUT2D eigenvalue weighted by Gasteiger charge is 2.30. The van der Waals surface area contributed by atoms with E-state index in [-0.39, 0.29) is 10.8 Å². The highest BCUT2D eigenvalue weighted by Crippen LogP contribution is 2.26. The molecule has 0 aromatic heterocycles. The predicted molar refractivity (Wildman–Crippen MR) is 89.2 cm³/mol. The summed E-state index contributed by atoms with van der Waals surface area (Å²) in [7, 11) is -3.22. The molecule has 2 aliphatic heterocycles. The van der Waals surface area contributed by atoms with Gasteiger partial charge in [-0.2, -0.15) is 0 Å². The lowest BCUT2D eigenvalue weighted by atomic mass is 9.88. The first-order valence-electron chi connectivity index (χ1n) is 8.28. The van der Waals surface area contributed by atoms with E-state index in [1.165, 1.54) is 31.2 Å². The first-order valence-corrected chi connectivity index (χ1v) is 10.2. The van der Waals surface area contributed by atoms with Crippen LogP contribution in [0.25, 0.3) is 0 Å². The van der Waals surface area contributed by atoms with Crippen LogP contribution in [0.15, 0.2) is 29.2 Å². The van der Waals surface area contributed by atoms with Crippen LogP contribution in [0.5, 0.6) is 0 Å². The molecular formula is C17H24N2O3S. The summed E-state index contributed by atoms with van der Waals surface area (Å²) in [6.45, 7) is 2.70. The molecule has 2 fully saturated rings. The van der Waals surface area contributed by atoms with E-state index in [0.29, 0.717) is 17.5 Å². The summed E-state index contributed by atoms with van der Waals surface area (Å²) >= 11 is 0. The summed E-state index contributed by atoms with van der Waals surface area (Å²) in [4.78, 5) is 14.7. The second kappa shape index (κ2) is 6.61. The lowest BCUT2D eigenvalue weighted by Crippen LogP contribution is -2.43. The molecule has 0 saturated carbocycles. The quantitative estimate of drug-likeness (QED) is 0.912. The first kappa shape index (κ1) is 16.5. The second-order valence-electron chi connectivity index (χ2n) is 6.63. The van der Waals surface area contributed by atoms with Crippen molar-refractivity contribution in [3.8, 4) is 0 Å². The Balaban J connectivity index is 1.60. The van der Waals surface area contributed by atoms with Crippen molar-refractivity contribution >= 4 is 15.7 Å². The van der Waals surface area contributed by atoms with E-state index in [1.54, 1.807) is 12.1 Å². The van der Waals surface area contributed by atoms with Gasteiger partial charge in [-0.15, -0.1) is 0 Å². The molecule has 0 bridgehead atoms. The van der Waals surface area contributed by atoms with Crippen LogP contribution in [0.2, 0.25) is 0 Å². The fourth-order valence-corrected chi connectivity index (χ4v) is 4.28. The predicted octanol–water partition coefficient (Wildman–Crippen LogP) is 1.69. The van der Waals surface area contributed by atoms with E-state index >= 15 is 0 Å². The van der Waals surface area contributed by atoms with Crippen LogP contribution in [0.3, 0.4) is 0 Å². The van der Waals surface area contributed by atoms with E-state index in [0.717, 1.165) is 32.5 Å². The fraction of sp³-hybridized carbons (Fsp3) is 0.588. The monoisotopic (exact) mass is 336 g/mol. The largest absolute Gasteiger partial charge is 0.339 e. The van der Waals surface area contributed by atoms with Crippen LogP contribution in [0, 0.1) is 5.92 Å². The summed E-state index contributed by atoms with van der Waals surface area (Å²) in [5, 5.41) is 3.56. The maximum Gasteiger partial charge on any atom is 0.253 e. The number of amides is 1. The minimum atomic E-state index is -3.22. The molecule has 0 radical (unpaired) electrons. The third-order valence-electron chi connectivity index (χ3n) is 5.02. The van der Waals surface area contributed by atoms with Gasteiger partial charge in [0.2, 0.25) is 0 Å². The van der Waals surface area contributed by atoms with Crippen molar-refractivity contribution in [3.05, 3.63) is 29.8 Å². The van der Waals surface area contributed by atoms with Gasteiger partial charge in [0.05, 0.1) is 4.90 Å². The van der Waals surface area contributed by atoms with Crippen LogP contribution in [0.4, 0.5) is 0 Å². The van der Waals surface area contributed by atoms with Gasteiger partial charge >= 0.3 is 0 Å². The van der Waals surface area contributed by atoms with Gasteiger partial charge in [0, 0.05) is 31.0 Å². The Hall–Kier alpha value is -1.40. The van der Waals surface area contributed by atoms with E-state index in [9.17, 15) is 13.2 Å². The van der Waals surface area contributed by atoms with Crippen LogP contribution in [0.1, 0.15) is 36.0 Å². The maximum atomic E-state index is 12.5. The molecule has 1 aromatic carbocycles. The SMILES string of the molecule is CS(=O)(=O)c1ccc(C(=O)N2CCC(C3CCCN3)CC2)cc1. The molecule has 2 saturated heterocycles. The molecule has 5 nitrogen and oxygen atoms in total. The first-order chi connectivity index (χ1) is 10.9. The average Bonchev–Trinajstić information content (AvgIpc) is 3.08. The number of nitrogens with one attached hydrogen (secondary N) is 1. The zero-order valence-electron chi connectivity index (χ0n) is 13.5. The van der Waals surface area contributed by atoms with Crippen LogP contribution >= 0.6 is 0 Å². The Morgan fingerprint density at radius 3 is 2.30 bits per heavy atom. The molecule has 1 unspecified atom stereocenters. The fourth-order valence-electron chi connectivity index (χ4n) is 3.65. The van der Waals surface area contributed by atoms with E-state index in [2.05, 4.69) is 5.32 Å². The Kier molecular flexibility index (Phi) is 4.73. The highest BCUT2D eigenvalue weighted by atomic mass is 32.2. The Morgan fingerprint density at radius 1 is 1.13 bits per heavy atom. The molecule has 0 aliphatic carbocycles. The molecular weight excluding hydrogens is 312 g/mol. The maximum absolute atomic E-state index is 12.5. The van der Waals surface area contributed by atoms with Crippen molar-refractivity contribution in [2.75, 3.05) is 25.9 Å². The lowest BCUT2D eigenvalue weighted by molar-refractivity contribution is 0.0674. The Labute approximate surface area is 138 Å². The molecule has 23 heavy (non-hydrogen) atoms. The number of hydrogen-bond donors (Lipinski definition) is 1. The summed E-state index contributed by atoms with van der Waals surface area (Å²) in [6, 6.07) is 6.88. The van der Waals surface area contributed by atoms with Crippen LogP contribution < -0.4 is 5.32 Å². The van der Waals surface area contributed by atoms with Gasteiger partial charge in [-0.25, -0.2) is 8.42 Å². The van der Waals surface area contributed by atoms with E-state index in [4.69, 9.17) is 0 Å². The normalized spacial score (nSPS) is 23.2. The van der Waals surface area contributed by atoms with Crippen molar-refractivity contribution in [2.24, 2.45) is 5.92 Å². The van der Waals surface area contributed by atoms with Crippen molar-refractivity contribution in [3.63, 3.8) is 0 Å². The zero-order chi connectivity index (χ0) is 16.4. The van der Waals surface area contributed by atoms with Crippen molar-refractivity contribution in [2.45, 2.75) is 36.6 Å². The zero-order valence-corrected chi connectivity index (χ0v) is 14.3.